The number of hydrogen-bond donors (Lipinski definition) is 0. The summed E-state index contributed by atoms with van der Waals surface area (Å²) in [5, 5.41) is 7.95. The molecule has 0 spiro atoms. The molecule has 0 saturated carbocycles. The molecule has 21 heavy (non-hydrogen) atoms. The lowest BCUT2D eigenvalue weighted by Gasteiger charge is -2.16. The van der Waals surface area contributed by atoms with Gasteiger partial charge in [-0.2, -0.15) is 5.10 Å². The Hall–Kier alpha value is -2.50. The van der Waals surface area contributed by atoms with Crippen LogP contribution in [0.4, 0.5) is 0 Å². The summed E-state index contributed by atoms with van der Waals surface area (Å²) in [6, 6.07) is 7.11. The summed E-state index contributed by atoms with van der Waals surface area (Å²) in [7, 11) is 0. The number of carbonyl (C=O) groups is 1. The van der Waals surface area contributed by atoms with Crippen molar-refractivity contribution in [2.24, 2.45) is 0 Å². The quantitative estimate of drug-likeness (QED) is 0.854. The van der Waals surface area contributed by atoms with Crippen LogP contribution in [0.2, 0.25) is 0 Å². The highest BCUT2D eigenvalue weighted by molar-refractivity contribution is 5.94. The largest absolute Gasteiger partial charge is 0.471 e. The molecule has 0 aromatic carbocycles. The fraction of sp³-hybridized carbons (Fsp3) is 0.333. The topological polar surface area (TPSA) is 68.2 Å². The summed E-state index contributed by atoms with van der Waals surface area (Å²) in [6.45, 7) is 3.13. The molecular formula is C15H16N4O2. The lowest BCUT2D eigenvalue weighted by atomic mass is 10.2. The number of aromatic nitrogens is 3. The smallest absolute Gasteiger partial charge is 0.254 e. The zero-order valence-corrected chi connectivity index (χ0v) is 11.8. The number of carbonyl (C=O) groups excluding carboxylic acids is 1. The van der Waals surface area contributed by atoms with E-state index in [1.165, 1.54) is 0 Å². The average Bonchev–Trinajstić information content (AvgIpc) is 2.98. The lowest BCUT2D eigenvalue weighted by Crippen LogP contribution is -2.31. The van der Waals surface area contributed by atoms with E-state index in [4.69, 9.17) is 4.74 Å². The van der Waals surface area contributed by atoms with Gasteiger partial charge in [-0.3, -0.25) is 9.78 Å². The Morgan fingerprint density at radius 2 is 2.05 bits per heavy atom. The van der Waals surface area contributed by atoms with Crippen LogP contribution in [-0.4, -0.2) is 45.2 Å². The van der Waals surface area contributed by atoms with Gasteiger partial charge in [0.15, 0.2) is 0 Å². The normalized spacial score (nSPS) is 17.8. The van der Waals surface area contributed by atoms with Gasteiger partial charge in [0.1, 0.15) is 6.10 Å². The number of aryl methyl sites for hydroxylation is 1. The summed E-state index contributed by atoms with van der Waals surface area (Å²) in [6.07, 6.45) is 4.01. The fourth-order valence-corrected chi connectivity index (χ4v) is 2.31. The second-order valence-electron chi connectivity index (χ2n) is 5.03. The van der Waals surface area contributed by atoms with Crippen LogP contribution in [0.15, 0.2) is 36.7 Å². The van der Waals surface area contributed by atoms with Crippen LogP contribution < -0.4 is 4.74 Å². The van der Waals surface area contributed by atoms with Crippen LogP contribution in [0.5, 0.6) is 5.88 Å². The highest BCUT2D eigenvalue weighted by Gasteiger charge is 2.28. The second kappa shape index (κ2) is 5.87. The summed E-state index contributed by atoms with van der Waals surface area (Å²) in [5.41, 5.74) is 1.50. The van der Waals surface area contributed by atoms with Gasteiger partial charge in [-0.05, 0) is 25.1 Å². The van der Waals surface area contributed by atoms with Crippen molar-refractivity contribution in [3.63, 3.8) is 0 Å². The van der Waals surface area contributed by atoms with Gasteiger partial charge in [0.25, 0.3) is 5.91 Å². The van der Waals surface area contributed by atoms with Gasteiger partial charge in [0, 0.05) is 37.0 Å². The monoisotopic (exact) mass is 284 g/mol. The first-order chi connectivity index (χ1) is 10.2. The van der Waals surface area contributed by atoms with Crippen LogP contribution in [0.1, 0.15) is 22.5 Å². The molecule has 2 aromatic heterocycles. The van der Waals surface area contributed by atoms with E-state index in [2.05, 4.69) is 15.2 Å². The van der Waals surface area contributed by atoms with E-state index in [9.17, 15) is 4.79 Å². The molecule has 1 unspecified atom stereocenters. The maximum Gasteiger partial charge on any atom is 0.254 e. The molecular weight excluding hydrogens is 268 g/mol. The molecule has 0 N–H and O–H groups in total. The highest BCUT2D eigenvalue weighted by Crippen LogP contribution is 2.18. The van der Waals surface area contributed by atoms with Crippen LogP contribution in [0, 0.1) is 6.92 Å². The van der Waals surface area contributed by atoms with Crippen LogP contribution in [0.25, 0.3) is 0 Å². The number of ether oxygens (including phenoxy) is 1. The van der Waals surface area contributed by atoms with Crippen LogP contribution >= 0.6 is 0 Å². The van der Waals surface area contributed by atoms with E-state index in [-0.39, 0.29) is 12.0 Å². The summed E-state index contributed by atoms with van der Waals surface area (Å²) >= 11 is 0. The molecule has 3 heterocycles. The minimum atomic E-state index is -0.0345. The zero-order valence-electron chi connectivity index (χ0n) is 11.8. The Balaban J connectivity index is 1.60. The van der Waals surface area contributed by atoms with Gasteiger partial charge in [-0.15, -0.1) is 5.10 Å². The first kappa shape index (κ1) is 13.5. The molecule has 2 aromatic rings. The lowest BCUT2D eigenvalue weighted by molar-refractivity contribution is 0.0771. The first-order valence-corrected chi connectivity index (χ1v) is 6.88. The standard InChI is InChI=1S/C15H16N4O2/c1-11-2-3-14(18-17-11)21-13-6-9-19(10-13)15(20)12-4-7-16-8-5-12/h2-5,7-8,13H,6,9-10H2,1H3. The van der Waals surface area contributed by atoms with E-state index in [1.54, 1.807) is 35.5 Å². The Morgan fingerprint density at radius 1 is 1.24 bits per heavy atom. The van der Waals surface area contributed by atoms with E-state index < -0.39 is 0 Å². The van der Waals surface area contributed by atoms with Crippen molar-refractivity contribution in [3.8, 4) is 5.88 Å². The third-order valence-corrected chi connectivity index (χ3v) is 3.42. The number of rotatable bonds is 3. The summed E-state index contributed by atoms with van der Waals surface area (Å²) < 4.78 is 5.77. The predicted octanol–water partition coefficient (Wildman–Crippen LogP) is 1.47. The van der Waals surface area contributed by atoms with Crippen molar-refractivity contribution in [2.45, 2.75) is 19.4 Å². The molecule has 6 heteroatoms. The molecule has 1 saturated heterocycles. The third kappa shape index (κ3) is 3.16. The molecule has 0 aliphatic carbocycles. The number of hydrogen-bond acceptors (Lipinski definition) is 5. The second-order valence-corrected chi connectivity index (χ2v) is 5.03. The molecule has 1 fully saturated rings. The average molecular weight is 284 g/mol. The number of likely N-dealkylation sites (tertiary alicyclic amines) is 1. The molecule has 0 radical (unpaired) electrons. The number of nitrogens with zero attached hydrogens (tertiary/aromatic N) is 4. The molecule has 0 bridgehead atoms. The molecule has 3 rings (SSSR count). The van der Waals surface area contributed by atoms with Gasteiger partial charge in [0.05, 0.1) is 12.2 Å². The first-order valence-electron chi connectivity index (χ1n) is 6.88. The zero-order chi connectivity index (χ0) is 14.7. The Morgan fingerprint density at radius 3 is 2.76 bits per heavy atom. The molecule has 1 aliphatic heterocycles. The van der Waals surface area contributed by atoms with Crippen LogP contribution in [-0.2, 0) is 0 Å². The van der Waals surface area contributed by atoms with Crippen molar-refractivity contribution in [2.75, 3.05) is 13.1 Å². The molecule has 1 atom stereocenters. The Kier molecular flexibility index (Phi) is 3.77. The summed E-state index contributed by atoms with van der Waals surface area (Å²) in [4.78, 5) is 18.0. The summed E-state index contributed by atoms with van der Waals surface area (Å²) in [5.74, 6) is 0.516. The van der Waals surface area contributed by atoms with E-state index in [0.717, 1.165) is 12.1 Å². The van der Waals surface area contributed by atoms with E-state index in [0.29, 0.717) is 24.5 Å². The van der Waals surface area contributed by atoms with Gasteiger partial charge >= 0.3 is 0 Å². The number of pyridine rings is 1. The Bertz CT molecular complexity index is 615. The SMILES string of the molecule is Cc1ccc(OC2CCN(C(=O)c3ccncc3)C2)nn1. The van der Waals surface area contributed by atoms with Gasteiger partial charge < -0.3 is 9.64 Å². The highest BCUT2D eigenvalue weighted by atomic mass is 16.5. The molecule has 108 valence electrons. The Labute approximate surface area is 122 Å². The van der Waals surface area contributed by atoms with Gasteiger partial charge in [-0.25, -0.2) is 0 Å². The predicted molar refractivity (Wildman–Crippen MR) is 75.9 cm³/mol. The van der Waals surface area contributed by atoms with Crippen molar-refractivity contribution in [1.29, 1.82) is 0 Å². The van der Waals surface area contributed by atoms with Crippen molar-refractivity contribution in [1.82, 2.24) is 20.1 Å². The maximum absolute atomic E-state index is 12.3. The van der Waals surface area contributed by atoms with Crippen molar-refractivity contribution >= 4 is 5.91 Å². The molecule has 1 amide bonds. The minimum Gasteiger partial charge on any atom is -0.471 e. The molecule has 6 nitrogen and oxygen atoms in total. The van der Waals surface area contributed by atoms with Gasteiger partial charge in [-0.1, -0.05) is 0 Å². The van der Waals surface area contributed by atoms with Crippen molar-refractivity contribution in [3.05, 3.63) is 47.9 Å². The maximum atomic E-state index is 12.3. The molecule has 1 aliphatic rings. The van der Waals surface area contributed by atoms with Gasteiger partial charge in [0.2, 0.25) is 5.88 Å². The van der Waals surface area contributed by atoms with Crippen LogP contribution in [0.3, 0.4) is 0 Å². The minimum absolute atomic E-state index is 0.0125. The fourth-order valence-electron chi connectivity index (χ4n) is 2.31. The third-order valence-electron chi connectivity index (χ3n) is 3.42. The van der Waals surface area contributed by atoms with E-state index in [1.807, 2.05) is 13.0 Å². The van der Waals surface area contributed by atoms with Crippen molar-refractivity contribution < 1.29 is 9.53 Å². The van der Waals surface area contributed by atoms with E-state index >= 15 is 0 Å². The number of amides is 1.